The third-order valence-electron chi connectivity index (χ3n) is 5.07. The monoisotopic (exact) mass is 478 g/mol. The van der Waals surface area contributed by atoms with E-state index in [1.54, 1.807) is 26.2 Å². The number of carbonyl (C=O) groups excluding carboxylic acids is 1. The third kappa shape index (κ3) is 10.2. The topological polar surface area (TPSA) is 50.8 Å². The largest absolute Gasteiger partial charge is 0.497 e. The van der Waals surface area contributed by atoms with E-state index >= 15 is 0 Å². The van der Waals surface area contributed by atoms with Gasteiger partial charge in [0.15, 0.2) is 0 Å². The first-order valence-electron chi connectivity index (χ1n) is 11.1. The average Bonchev–Trinajstić information content (AvgIpc) is 2.83. The molecule has 0 aliphatic carbocycles. The maximum Gasteiger partial charge on any atom is 0.223 e. The maximum atomic E-state index is 13.0. The third-order valence-corrected chi connectivity index (χ3v) is 6.24. The molecule has 2 aromatic carbocycles. The zero-order chi connectivity index (χ0) is 23.0. The van der Waals surface area contributed by atoms with Crippen LogP contribution < -0.4 is 14.2 Å². The second-order valence-corrected chi connectivity index (χ2v) is 8.91. The lowest BCUT2D eigenvalue weighted by Crippen LogP contribution is -2.30. The number of nitrogens with zero attached hydrogens (tertiary/aromatic N) is 1. The molecule has 176 valence electrons. The van der Waals surface area contributed by atoms with Crippen LogP contribution in [0.15, 0.2) is 48.5 Å². The first-order chi connectivity index (χ1) is 15.7. The van der Waals surface area contributed by atoms with Crippen LogP contribution in [-0.4, -0.2) is 43.2 Å². The Hall–Kier alpha value is -1.89. The number of benzene rings is 2. The van der Waals surface area contributed by atoms with E-state index in [4.69, 9.17) is 21.1 Å². The number of amides is 1. The van der Waals surface area contributed by atoms with Gasteiger partial charge in [0.1, 0.15) is 11.5 Å². The highest BCUT2D eigenvalue weighted by Crippen LogP contribution is 2.18. The van der Waals surface area contributed by atoms with Gasteiger partial charge in [0.05, 0.1) is 14.2 Å². The highest BCUT2D eigenvalue weighted by atomic mass is 35.5. The second kappa shape index (κ2) is 15.8. The van der Waals surface area contributed by atoms with Gasteiger partial charge < -0.3 is 14.4 Å². The van der Waals surface area contributed by atoms with Crippen LogP contribution >= 0.6 is 23.5 Å². The average molecular weight is 479 g/mol. The first-order valence-corrected chi connectivity index (χ1v) is 12.6. The van der Waals surface area contributed by atoms with E-state index in [0.717, 1.165) is 60.6 Å². The Morgan fingerprint density at radius 2 is 1.44 bits per heavy atom. The Bertz CT molecular complexity index is 722. The number of methoxy groups -OCH3 is 2. The van der Waals surface area contributed by atoms with Crippen molar-refractivity contribution in [3.63, 3.8) is 0 Å². The van der Waals surface area contributed by atoms with Crippen molar-refractivity contribution in [2.75, 3.05) is 32.4 Å². The minimum absolute atomic E-state index is 0.182. The fraction of sp³-hybridized carbons (Fsp3) is 0.480. The standard InChI is InChI=1S/C25H35ClN2O3S/c1-30-23-12-8-21(9-13-23)19-28(20-22-10-14-24(31-2)15-11-22)25(29)7-4-3-5-17-27-32-18-6-16-26/h8-15,27H,3-7,16-20H2,1-2H3. The molecule has 0 aliphatic heterocycles. The highest BCUT2D eigenvalue weighted by molar-refractivity contribution is 7.97. The number of carbonyl (C=O) groups is 1. The lowest BCUT2D eigenvalue weighted by atomic mass is 10.1. The Balaban J connectivity index is 1.86. The molecule has 0 heterocycles. The quantitative estimate of drug-likeness (QED) is 0.191. The van der Waals surface area contributed by atoms with E-state index in [-0.39, 0.29) is 5.91 Å². The Morgan fingerprint density at radius 3 is 1.94 bits per heavy atom. The highest BCUT2D eigenvalue weighted by Gasteiger charge is 2.15. The molecular weight excluding hydrogens is 444 g/mol. The van der Waals surface area contributed by atoms with Crippen LogP contribution in [0.5, 0.6) is 11.5 Å². The normalized spacial score (nSPS) is 10.7. The number of unbranched alkanes of at least 4 members (excludes halogenated alkanes) is 2. The van der Waals surface area contributed by atoms with E-state index < -0.39 is 0 Å². The van der Waals surface area contributed by atoms with Gasteiger partial charge >= 0.3 is 0 Å². The number of nitrogens with one attached hydrogen (secondary N) is 1. The molecule has 0 spiro atoms. The van der Waals surface area contributed by atoms with E-state index in [2.05, 4.69) is 4.72 Å². The Morgan fingerprint density at radius 1 is 0.875 bits per heavy atom. The van der Waals surface area contributed by atoms with Gasteiger partial charge in [-0.3, -0.25) is 9.52 Å². The predicted molar refractivity (Wildman–Crippen MR) is 135 cm³/mol. The Kier molecular flexibility index (Phi) is 13.0. The van der Waals surface area contributed by atoms with Crippen LogP contribution in [0.25, 0.3) is 0 Å². The van der Waals surface area contributed by atoms with Crippen molar-refractivity contribution in [1.29, 1.82) is 0 Å². The number of hydrogen-bond acceptors (Lipinski definition) is 5. The predicted octanol–water partition coefficient (Wildman–Crippen LogP) is 5.66. The molecule has 0 saturated heterocycles. The van der Waals surface area contributed by atoms with Gasteiger partial charge in [-0.05, 0) is 54.7 Å². The zero-order valence-corrected chi connectivity index (χ0v) is 20.7. The summed E-state index contributed by atoms with van der Waals surface area (Å²) >= 11 is 7.41. The molecule has 0 atom stereocenters. The molecule has 1 amide bonds. The second-order valence-electron chi connectivity index (χ2n) is 7.54. The van der Waals surface area contributed by atoms with Gasteiger partial charge in [0.25, 0.3) is 0 Å². The number of halogens is 1. The summed E-state index contributed by atoms with van der Waals surface area (Å²) in [5.74, 6) is 3.56. The molecule has 2 aromatic rings. The van der Waals surface area contributed by atoms with Gasteiger partial charge in [-0.15, -0.1) is 11.6 Å². The minimum Gasteiger partial charge on any atom is -0.497 e. The molecule has 5 nitrogen and oxygen atoms in total. The number of alkyl halides is 1. The summed E-state index contributed by atoms with van der Waals surface area (Å²) in [6.45, 7) is 2.11. The van der Waals surface area contributed by atoms with E-state index in [9.17, 15) is 4.79 Å². The van der Waals surface area contributed by atoms with Crippen LogP contribution in [-0.2, 0) is 17.9 Å². The van der Waals surface area contributed by atoms with E-state index in [1.807, 2.05) is 53.4 Å². The zero-order valence-electron chi connectivity index (χ0n) is 19.1. The summed E-state index contributed by atoms with van der Waals surface area (Å²) in [7, 11) is 3.31. The fourth-order valence-electron chi connectivity index (χ4n) is 3.21. The van der Waals surface area contributed by atoms with Crippen LogP contribution in [0.2, 0.25) is 0 Å². The van der Waals surface area contributed by atoms with Crippen LogP contribution in [0.3, 0.4) is 0 Å². The molecule has 0 unspecified atom stereocenters. The first kappa shape index (κ1) is 26.4. The molecule has 0 aliphatic rings. The summed E-state index contributed by atoms with van der Waals surface area (Å²) < 4.78 is 13.9. The van der Waals surface area contributed by atoms with Gasteiger partial charge in [-0.25, -0.2) is 0 Å². The van der Waals surface area contributed by atoms with Crippen molar-refractivity contribution in [3.8, 4) is 11.5 Å². The van der Waals surface area contributed by atoms with E-state index in [1.165, 1.54) is 0 Å². The summed E-state index contributed by atoms with van der Waals surface area (Å²) in [5, 5.41) is 0. The molecule has 0 fully saturated rings. The number of rotatable bonds is 16. The SMILES string of the molecule is COc1ccc(CN(Cc2ccc(OC)cc2)C(=O)CCCCCNSCCCCl)cc1. The smallest absolute Gasteiger partial charge is 0.223 e. The van der Waals surface area contributed by atoms with Crippen molar-refractivity contribution < 1.29 is 14.3 Å². The minimum atomic E-state index is 0.182. The molecular formula is C25H35ClN2O3S. The molecule has 32 heavy (non-hydrogen) atoms. The van der Waals surface area contributed by atoms with Crippen molar-refractivity contribution >= 4 is 29.5 Å². The van der Waals surface area contributed by atoms with Crippen LogP contribution in [0, 0.1) is 0 Å². The molecule has 1 N–H and O–H groups in total. The van der Waals surface area contributed by atoms with Crippen molar-refractivity contribution in [3.05, 3.63) is 59.7 Å². The van der Waals surface area contributed by atoms with Crippen molar-refractivity contribution in [1.82, 2.24) is 9.62 Å². The van der Waals surface area contributed by atoms with Gasteiger partial charge in [-0.2, -0.15) is 0 Å². The van der Waals surface area contributed by atoms with Crippen molar-refractivity contribution in [2.45, 2.75) is 45.2 Å². The lowest BCUT2D eigenvalue weighted by Gasteiger charge is -2.23. The number of ether oxygens (including phenoxy) is 2. The number of hydrogen-bond donors (Lipinski definition) is 1. The molecule has 2 rings (SSSR count). The van der Waals surface area contributed by atoms with E-state index in [0.29, 0.717) is 25.4 Å². The fourth-order valence-corrected chi connectivity index (χ4v) is 4.23. The summed E-state index contributed by atoms with van der Waals surface area (Å²) in [6.07, 6.45) is 4.58. The summed E-state index contributed by atoms with van der Waals surface area (Å²) in [4.78, 5) is 15.0. The van der Waals surface area contributed by atoms with Gasteiger partial charge in [0.2, 0.25) is 5.91 Å². The molecule has 0 bridgehead atoms. The summed E-state index contributed by atoms with van der Waals surface area (Å²) in [6, 6.07) is 15.8. The lowest BCUT2D eigenvalue weighted by molar-refractivity contribution is -0.132. The van der Waals surface area contributed by atoms with Gasteiger partial charge in [0, 0.05) is 37.7 Å². The molecule has 0 aromatic heterocycles. The molecule has 0 radical (unpaired) electrons. The molecule has 7 heteroatoms. The maximum absolute atomic E-state index is 13.0. The van der Waals surface area contributed by atoms with Crippen LogP contribution in [0.1, 0.15) is 43.2 Å². The van der Waals surface area contributed by atoms with Gasteiger partial charge in [-0.1, -0.05) is 42.6 Å². The molecule has 0 saturated carbocycles. The summed E-state index contributed by atoms with van der Waals surface area (Å²) in [5.41, 5.74) is 2.18. The van der Waals surface area contributed by atoms with Crippen molar-refractivity contribution in [2.24, 2.45) is 0 Å². The Labute approximate surface area is 201 Å². The van der Waals surface area contributed by atoms with Crippen LogP contribution in [0.4, 0.5) is 0 Å².